The fourth-order valence-corrected chi connectivity index (χ4v) is 5.11. The second-order valence-electron chi connectivity index (χ2n) is 7.67. The number of ether oxygens (including phenoxy) is 1. The third kappa shape index (κ3) is 5.52. The molecule has 34 heavy (non-hydrogen) atoms. The normalized spacial score (nSPS) is 10.8. The van der Waals surface area contributed by atoms with Crippen LogP contribution in [0.25, 0.3) is 10.6 Å². The second-order valence-corrected chi connectivity index (χ2v) is 10.0. The maximum Gasteiger partial charge on any atom is 0.257 e. The van der Waals surface area contributed by atoms with Crippen molar-refractivity contribution in [3.63, 3.8) is 0 Å². The van der Waals surface area contributed by atoms with Gasteiger partial charge in [0.05, 0.1) is 28.4 Å². The van der Waals surface area contributed by atoms with E-state index in [1.54, 1.807) is 35.6 Å². The Morgan fingerprint density at radius 1 is 1.06 bits per heavy atom. The van der Waals surface area contributed by atoms with Crippen LogP contribution in [-0.4, -0.2) is 22.0 Å². The van der Waals surface area contributed by atoms with Gasteiger partial charge >= 0.3 is 0 Å². The summed E-state index contributed by atoms with van der Waals surface area (Å²) in [5.41, 5.74) is 3.07. The number of carbonyl (C=O) groups excluding carboxylic acids is 2. The van der Waals surface area contributed by atoms with E-state index in [1.165, 1.54) is 18.3 Å². The van der Waals surface area contributed by atoms with Crippen molar-refractivity contribution in [2.75, 3.05) is 5.32 Å². The number of thiazole rings is 1. The van der Waals surface area contributed by atoms with Crippen LogP contribution >= 0.6 is 22.7 Å². The van der Waals surface area contributed by atoms with Crippen molar-refractivity contribution in [1.29, 1.82) is 0 Å². The molecule has 3 aromatic heterocycles. The number of hydrogen-bond donors (Lipinski definition) is 2. The summed E-state index contributed by atoms with van der Waals surface area (Å²) in [4.78, 5) is 31.5. The number of aromatic nitrogens is 2. The molecule has 8 nitrogen and oxygen atoms in total. The van der Waals surface area contributed by atoms with Crippen LogP contribution in [0.4, 0.5) is 5.13 Å². The zero-order chi connectivity index (χ0) is 24.2. The predicted octanol–water partition coefficient (Wildman–Crippen LogP) is 5.25. The number of hydrogen-bond acceptors (Lipinski definition) is 8. The summed E-state index contributed by atoms with van der Waals surface area (Å²) in [5.74, 6) is 1.08. The maximum absolute atomic E-state index is 12.7. The van der Waals surface area contributed by atoms with Gasteiger partial charge < -0.3 is 14.6 Å². The molecule has 2 amide bonds. The molecule has 0 atom stereocenters. The third-order valence-corrected chi connectivity index (χ3v) is 7.08. The minimum Gasteiger partial charge on any atom is -0.489 e. The highest BCUT2D eigenvalue weighted by Gasteiger charge is 2.15. The molecule has 0 saturated heterocycles. The summed E-state index contributed by atoms with van der Waals surface area (Å²) < 4.78 is 10.9. The van der Waals surface area contributed by atoms with Gasteiger partial charge in [-0.1, -0.05) is 5.16 Å². The third-order valence-electron chi connectivity index (χ3n) is 5.10. The molecule has 0 unspecified atom stereocenters. The molecule has 10 heteroatoms. The molecule has 0 saturated carbocycles. The number of carbonyl (C=O) groups is 2. The van der Waals surface area contributed by atoms with Crippen molar-refractivity contribution in [2.24, 2.45) is 0 Å². The zero-order valence-electron chi connectivity index (χ0n) is 19.2. The first-order valence-electron chi connectivity index (χ1n) is 10.6. The van der Waals surface area contributed by atoms with Crippen molar-refractivity contribution in [1.82, 2.24) is 15.5 Å². The molecule has 0 spiro atoms. The highest BCUT2D eigenvalue weighted by atomic mass is 32.1. The van der Waals surface area contributed by atoms with Gasteiger partial charge in [0.1, 0.15) is 18.1 Å². The highest BCUT2D eigenvalue weighted by Crippen LogP contribution is 2.35. The van der Waals surface area contributed by atoms with E-state index in [0.29, 0.717) is 29.6 Å². The fraction of sp³-hybridized carbons (Fsp3) is 0.250. The summed E-state index contributed by atoms with van der Waals surface area (Å²) in [5, 5.41) is 10.1. The van der Waals surface area contributed by atoms with Crippen molar-refractivity contribution >= 4 is 39.6 Å². The molecule has 2 N–H and O–H groups in total. The van der Waals surface area contributed by atoms with E-state index in [4.69, 9.17) is 9.26 Å². The van der Waals surface area contributed by atoms with Crippen molar-refractivity contribution < 1.29 is 18.8 Å². The van der Waals surface area contributed by atoms with Gasteiger partial charge in [-0.25, -0.2) is 4.98 Å². The lowest BCUT2D eigenvalue weighted by Gasteiger charge is -2.07. The SMILES string of the molecule is CC(=O)NCc1ccc(-c2nc(NC(=O)c3ccc(OCc4c(C)noc4C)cc3)sc2C)s1. The number of nitrogens with zero attached hydrogens (tertiary/aromatic N) is 2. The maximum atomic E-state index is 12.7. The van der Waals surface area contributed by atoms with Crippen LogP contribution in [0.1, 0.15) is 44.1 Å². The minimum absolute atomic E-state index is 0.0650. The average Bonchev–Trinajstić information content (AvgIpc) is 3.50. The lowest BCUT2D eigenvalue weighted by Crippen LogP contribution is -2.17. The first-order chi connectivity index (χ1) is 16.3. The van der Waals surface area contributed by atoms with Gasteiger partial charge in [-0.3, -0.25) is 14.9 Å². The van der Waals surface area contributed by atoms with Crippen LogP contribution in [0.15, 0.2) is 40.9 Å². The number of rotatable bonds is 8. The second kappa shape index (κ2) is 10.2. The van der Waals surface area contributed by atoms with E-state index < -0.39 is 0 Å². The fourth-order valence-electron chi connectivity index (χ4n) is 3.23. The molecule has 0 aliphatic rings. The molecule has 3 heterocycles. The van der Waals surface area contributed by atoms with Gasteiger partial charge in [0.15, 0.2) is 5.13 Å². The molecule has 176 valence electrons. The Balaban J connectivity index is 1.38. The molecule has 4 rings (SSSR count). The number of thiophene rings is 1. The zero-order valence-corrected chi connectivity index (χ0v) is 20.9. The summed E-state index contributed by atoms with van der Waals surface area (Å²) in [6.07, 6.45) is 0. The van der Waals surface area contributed by atoms with Gasteiger partial charge in [-0.15, -0.1) is 22.7 Å². The minimum atomic E-state index is -0.241. The average molecular weight is 497 g/mol. The summed E-state index contributed by atoms with van der Waals surface area (Å²) in [6, 6.07) is 10.9. The molecular weight excluding hydrogens is 472 g/mol. The Hall–Kier alpha value is -3.50. The van der Waals surface area contributed by atoms with E-state index in [-0.39, 0.29) is 11.8 Å². The van der Waals surface area contributed by atoms with E-state index >= 15 is 0 Å². The van der Waals surface area contributed by atoms with Crippen molar-refractivity contribution in [3.05, 3.63) is 68.7 Å². The van der Waals surface area contributed by atoms with Crippen LogP contribution in [0.5, 0.6) is 5.75 Å². The largest absolute Gasteiger partial charge is 0.489 e. The number of amides is 2. The Labute approximate surface area is 205 Å². The Morgan fingerprint density at radius 3 is 2.50 bits per heavy atom. The highest BCUT2D eigenvalue weighted by molar-refractivity contribution is 7.18. The van der Waals surface area contributed by atoms with E-state index in [0.717, 1.165) is 37.3 Å². The lowest BCUT2D eigenvalue weighted by atomic mass is 10.2. The molecule has 0 radical (unpaired) electrons. The molecule has 4 aromatic rings. The van der Waals surface area contributed by atoms with Gasteiger partial charge in [0.2, 0.25) is 5.91 Å². The van der Waals surface area contributed by atoms with E-state index in [2.05, 4.69) is 20.8 Å². The van der Waals surface area contributed by atoms with Crippen LogP contribution < -0.4 is 15.4 Å². The first-order valence-corrected chi connectivity index (χ1v) is 12.2. The first kappa shape index (κ1) is 23.7. The van der Waals surface area contributed by atoms with E-state index in [1.807, 2.05) is 32.9 Å². The van der Waals surface area contributed by atoms with E-state index in [9.17, 15) is 9.59 Å². The molecular formula is C24H24N4O4S2. The summed E-state index contributed by atoms with van der Waals surface area (Å²) in [6.45, 7) is 8.03. The monoisotopic (exact) mass is 496 g/mol. The molecule has 1 aromatic carbocycles. The standard InChI is InChI=1S/C24H24N4O4S2/c1-13-20(14(2)32-28-13)12-31-18-7-5-17(6-8-18)23(30)27-24-26-22(15(3)33-24)21-10-9-19(34-21)11-25-16(4)29/h5-10H,11-12H2,1-4H3,(H,25,29)(H,26,27,30). The van der Waals surface area contributed by atoms with Gasteiger partial charge in [0, 0.05) is 22.2 Å². The number of nitrogens with one attached hydrogen (secondary N) is 2. The van der Waals surface area contributed by atoms with Crippen LogP contribution in [0, 0.1) is 20.8 Å². The van der Waals surface area contributed by atoms with Crippen LogP contribution in [0.2, 0.25) is 0 Å². The van der Waals surface area contributed by atoms with Crippen molar-refractivity contribution in [2.45, 2.75) is 40.8 Å². The predicted molar refractivity (Wildman–Crippen MR) is 132 cm³/mol. The van der Waals surface area contributed by atoms with Gasteiger partial charge in [0.25, 0.3) is 5.91 Å². The van der Waals surface area contributed by atoms with Crippen LogP contribution in [0.3, 0.4) is 0 Å². The molecule has 0 bridgehead atoms. The topological polar surface area (TPSA) is 106 Å². The number of aryl methyl sites for hydroxylation is 3. The van der Waals surface area contributed by atoms with Crippen molar-refractivity contribution in [3.8, 4) is 16.3 Å². The quantitative estimate of drug-likeness (QED) is 0.345. The lowest BCUT2D eigenvalue weighted by molar-refractivity contribution is -0.119. The molecule has 0 fully saturated rings. The van der Waals surface area contributed by atoms with Gasteiger partial charge in [-0.05, 0) is 57.2 Å². The smallest absolute Gasteiger partial charge is 0.257 e. The number of anilines is 1. The molecule has 0 aliphatic heterocycles. The summed E-state index contributed by atoms with van der Waals surface area (Å²) >= 11 is 3.00. The Morgan fingerprint density at radius 2 is 1.82 bits per heavy atom. The van der Waals surface area contributed by atoms with Gasteiger partial charge in [-0.2, -0.15) is 0 Å². The van der Waals surface area contributed by atoms with Crippen LogP contribution in [-0.2, 0) is 17.9 Å². The Bertz CT molecular complexity index is 1300. The Kier molecular flexibility index (Phi) is 7.09. The number of benzene rings is 1. The molecule has 0 aliphatic carbocycles. The summed E-state index contributed by atoms with van der Waals surface area (Å²) in [7, 11) is 0.